The largest absolute Gasteiger partial charge is 0.491 e. The van der Waals surface area contributed by atoms with Crippen molar-refractivity contribution in [2.75, 3.05) is 13.8 Å². The lowest BCUT2D eigenvalue weighted by molar-refractivity contribution is -0.156. The number of benzene rings is 1. The molecule has 1 amide bonds. The zero-order valence-corrected chi connectivity index (χ0v) is 12.8. The fraction of sp³-hybridized carbons (Fsp3) is 0.467. The average molecular weight is 313 g/mol. The maximum Gasteiger partial charge on any atom is 0.312 e. The van der Waals surface area contributed by atoms with E-state index in [4.69, 9.17) is 4.74 Å². The Balaban J connectivity index is 2.19. The monoisotopic (exact) mass is 313 g/mol. The van der Waals surface area contributed by atoms with Crippen molar-refractivity contribution < 1.29 is 27.8 Å². The number of carbonyl (C=O) groups excluding carboxylic acids is 2. The van der Waals surface area contributed by atoms with E-state index in [0.29, 0.717) is 0 Å². The van der Waals surface area contributed by atoms with E-state index in [1.165, 1.54) is 0 Å². The fourth-order valence-corrected chi connectivity index (χ4v) is 2.09. The Morgan fingerprint density at radius 1 is 1.36 bits per heavy atom. The molecule has 5 nitrogen and oxygen atoms in total. The second-order valence-corrected chi connectivity index (χ2v) is 6.05. The molecular weight excluding hydrogens is 296 g/mol. The van der Waals surface area contributed by atoms with Gasteiger partial charge in [-0.25, -0.2) is 8.78 Å². The molecule has 0 bridgehead atoms. The topological polar surface area (TPSA) is 55.8 Å². The summed E-state index contributed by atoms with van der Waals surface area (Å²) in [7, 11) is 1.12. The molecule has 0 spiro atoms. The normalized spacial score (nSPS) is 14.1. The van der Waals surface area contributed by atoms with Crippen LogP contribution in [-0.4, -0.2) is 30.6 Å². The summed E-state index contributed by atoms with van der Waals surface area (Å²) in [6.45, 7) is 4.69. The Labute approximate surface area is 126 Å². The highest BCUT2D eigenvalue weighted by atomic mass is 19.1. The molecule has 7 heteroatoms. The lowest BCUT2D eigenvalue weighted by Gasteiger charge is -2.20. The molecule has 1 aromatic carbocycles. The van der Waals surface area contributed by atoms with Crippen LogP contribution >= 0.6 is 0 Å². The summed E-state index contributed by atoms with van der Waals surface area (Å²) in [5, 5.41) is 0. The molecule has 1 aliphatic heterocycles. The maximum absolute atomic E-state index is 14.1. The third-order valence-corrected chi connectivity index (χ3v) is 3.29. The smallest absolute Gasteiger partial charge is 0.312 e. The number of methoxy groups -OCH3 is 1. The molecule has 1 aromatic rings. The standard InChI is InChI=1S/C15H17F2NO4/c1-15(2,3)14(20)22-7-18-6-8-5-9(16)12(21-4)11(17)10(8)13(18)19/h5H,6-7H2,1-4H3. The van der Waals surface area contributed by atoms with Gasteiger partial charge in [-0.2, -0.15) is 0 Å². The molecule has 0 saturated carbocycles. The van der Waals surface area contributed by atoms with Gasteiger partial charge in [0.15, 0.2) is 24.1 Å². The van der Waals surface area contributed by atoms with E-state index in [1.54, 1.807) is 20.8 Å². The zero-order chi connectivity index (χ0) is 16.7. The quantitative estimate of drug-likeness (QED) is 0.805. The molecule has 22 heavy (non-hydrogen) atoms. The highest BCUT2D eigenvalue weighted by Gasteiger charge is 2.35. The first-order valence-corrected chi connectivity index (χ1v) is 6.68. The number of ether oxygens (including phenoxy) is 2. The molecule has 1 heterocycles. The predicted octanol–water partition coefficient (Wildman–Crippen LogP) is 2.48. The van der Waals surface area contributed by atoms with Crippen molar-refractivity contribution in [3.63, 3.8) is 0 Å². The molecule has 0 aromatic heterocycles. The van der Waals surface area contributed by atoms with E-state index in [0.717, 1.165) is 18.1 Å². The number of hydrogen-bond acceptors (Lipinski definition) is 4. The van der Waals surface area contributed by atoms with E-state index in [1.807, 2.05) is 0 Å². The SMILES string of the molecule is COc1c(F)cc2c(c1F)C(=O)N(COC(=O)C(C)(C)C)C2. The summed E-state index contributed by atoms with van der Waals surface area (Å²) >= 11 is 0. The van der Waals surface area contributed by atoms with Crippen LogP contribution in [0.2, 0.25) is 0 Å². The van der Waals surface area contributed by atoms with Crippen molar-refractivity contribution in [1.82, 2.24) is 4.90 Å². The second kappa shape index (κ2) is 5.55. The lowest BCUT2D eigenvalue weighted by atomic mass is 9.98. The molecule has 0 unspecified atom stereocenters. The Hall–Kier alpha value is -2.18. The van der Waals surface area contributed by atoms with Crippen molar-refractivity contribution in [1.29, 1.82) is 0 Å². The molecule has 0 atom stereocenters. The minimum Gasteiger partial charge on any atom is -0.491 e. The summed E-state index contributed by atoms with van der Waals surface area (Å²) in [4.78, 5) is 25.0. The maximum atomic E-state index is 14.1. The van der Waals surface area contributed by atoms with Crippen LogP contribution in [0.15, 0.2) is 6.07 Å². The highest BCUT2D eigenvalue weighted by molar-refractivity contribution is 5.99. The van der Waals surface area contributed by atoms with Gasteiger partial charge in [-0.3, -0.25) is 9.59 Å². The van der Waals surface area contributed by atoms with E-state index in [-0.39, 0.29) is 24.4 Å². The van der Waals surface area contributed by atoms with Gasteiger partial charge in [0.2, 0.25) is 0 Å². The molecule has 0 fully saturated rings. The number of hydrogen-bond donors (Lipinski definition) is 0. The van der Waals surface area contributed by atoms with E-state index < -0.39 is 34.7 Å². The number of esters is 1. The van der Waals surface area contributed by atoms with Crippen LogP contribution < -0.4 is 4.74 Å². The molecule has 120 valence electrons. The van der Waals surface area contributed by atoms with Crippen LogP contribution in [0.3, 0.4) is 0 Å². The van der Waals surface area contributed by atoms with E-state index >= 15 is 0 Å². The van der Waals surface area contributed by atoms with Gasteiger partial charge in [-0.05, 0) is 32.4 Å². The van der Waals surface area contributed by atoms with Crippen LogP contribution in [0.1, 0.15) is 36.7 Å². The third kappa shape index (κ3) is 2.75. The van der Waals surface area contributed by atoms with Gasteiger partial charge in [-0.1, -0.05) is 0 Å². The Morgan fingerprint density at radius 3 is 2.55 bits per heavy atom. The van der Waals surface area contributed by atoms with Crippen molar-refractivity contribution >= 4 is 11.9 Å². The minimum absolute atomic E-state index is 0.0244. The molecule has 0 N–H and O–H groups in total. The minimum atomic E-state index is -1.04. The molecule has 0 aliphatic carbocycles. The van der Waals surface area contributed by atoms with Gasteiger partial charge < -0.3 is 14.4 Å². The first-order chi connectivity index (χ1) is 10.2. The van der Waals surface area contributed by atoms with Gasteiger partial charge >= 0.3 is 5.97 Å². The predicted molar refractivity (Wildman–Crippen MR) is 73.2 cm³/mol. The molecule has 1 aliphatic rings. The van der Waals surface area contributed by atoms with Crippen LogP contribution in [0.4, 0.5) is 8.78 Å². The van der Waals surface area contributed by atoms with Crippen LogP contribution in [-0.2, 0) is 16.1 Å². The summed E-state index contributed by atoms with van der Waals surface area (Å²) < 4.78 is 37.4. The van der Waals surface area contributed by atoms with Crippen molar-refractivity contribution in [2.45, 2.75) is 27.3 Å². The first-order valence-electron chi connectivity index (χ1n) is 6.68. The summed E-state index contributed by atoms with van der Waals surface area (Å²) in [6, 6.07) is 1.06. The van der Waals surface area contributed by atoms with Gasteiger partial charge in [0, 0.05) is 0 Å². The van der Waals surface area contributed by atoms with Crippen LogP contribution in [0, 0.1) is 17.0 Å². The van der Waals surface area contributed by atoms with E-state index in [9.17, 15) is 18.4 Å². The average Bonchev–Trinajstić information content (AvgIpc) is 2.71. The van der Waals surface area contributed by atoms with Gasteiger partial charge in [0.25, 0.3) is 5.91 Å². The second-order valence-electron chi connectivity index (χ2n) is 6.05. The molecule has 0 saturated heterocycles. The van der Waals surface area contributed by atoms with Gasteiger partial charge in [0.05, 0.1) is 24.6 Å². The number of fused-ring (bicyclic) bond motifs is 1. The first kappa shape index (κ1) is 16.2. The van der Waals surface area contributed by atoms with Crippen LogP contribution in [0.25, 0.3) is 0 Å². The number of amides is 1. The number of halogens is 2. The highest BCUT2D eigenvalue weighted by Crippen LogP contribution is 2.33. The van der Waals surface area contributed by atoms with Crippen LogP contribution in [0.5, 0.6) is 5.75 Å². The summed E-state index contributed by atoms with van der Waals surface area (Å²) in [6.07, 6.45) is 0. The fourth-order valence-electron chi connectivity index (χ4n) is 2.09. The zero-order valence-electron chi connectivity index (χ0n) is 12.8. The summed E-state index contributed by atoms with van der Waals surface area (Å²) in [5.74, 6) is -3.65. The summed E-state index contributed by atoms with van der Waals surface area (Å²) in [5.41, 5.74) is -0.756. The van der Waals surface area contributed by atoms with Crippen molar-refractivity contribution in [2.24, 2.45) is 5.41 Å². The molecule has 2 rings (SSSR count). The Bertz CT molecular complexity index is 637. The van der Waals surface area contributed by atoms with Crippen molar-refractivity contribution in [3.05, 3.63) is 28.8 Å². The number of carbonyl (C=O) groups is 2. The Kier molecular flexibility index (Phi) is 4.08. The van der Waals surface area contributed by atoms with Crippen molar-refractivity contribution in [3.8, 4) is 5.75 Å². The van der Waals surface area contributed by atoms with Gasteiger partial charge in [-0.15, -0.1) is 0 Å². The van der Waals surface area contributed by atoms with E-state index in [2.05, 4.69) is 4.74 Å². The third-order valence-electron chi connectivity index (χ3n) is 3.29. The number of nitrogens with zero attached hydrogens (tertiary/aromatic N) is 1. The van der Waals surface area contributed by atoms with Gasteiger partial charge in [0.1, 0.15) is 0 Å². The number of rotatable bonds is 3. The molecular formula is C15H17F2NO4. The molecule has 0 radical (unpaired) electrons. The lowest BCUT2D eigenvalue weighted by Crippen LogP contribution is -2.32. The Morgan fingerprint density at radius 2 is 2.00 bits per heavy atom.